The number of nitrogens with zero attached hydrogens (tertiary/aromatic N) is 1. The number of methoxy groups -OCH3 is 1. The van der Waals surface area contributed by atoms with E-state index < -0.39 is 12.0 Å². The molecule has 0 aromatic carbocycles. The molecule has 0 aliphatic carbocycles. The average Bonchev–Trinajstić information content (AvgIpc) is 3.29. The quantitative estimate of drug-likeness (QED) is 0.677. The number of anilines is 1. The fraction of sp³-hybridized carbons (Fsp3) is 0.632. The number of rotatable bonds is 6. The molecule has 3 heterocycles. The van der Waals surface area contributed by atoms with Crippen molar-refractivity contribution in [1.29, 1.82) is 0 Å². The highest BCUT2D eigenvalue weighted by atomic mass is 35.5. The summed E-state index contributed by atoms with van der Waals surface area (Å²) in [5, 5.41) is 8.62. The number of ether oxygens (including phenoxy) is 1. The number of halogens is 1. The Kier molecular flexibility index (Phi) is 8.27. The van der Waals surface area contributed by atoms with E-state index in [0.717, 1.165) is 25.9 Å². The number of esters is 1. The summed E-state index contributed by atoms with van der Waals surface area (Å²) in [7, 11) is 1.32. The van der Waals surface area contributed by atoms with E-state index in [-0.39, 0.29) is 30.1 Å². The van der Waals surface area contributed by atoms with Gasteiger partial charge in [-0.1, -0.05) is 6.92 Å². The molecule has 1 aromatic heterocycles. The van der Waals surface area contributed by atoms with E-state index >= 15 is 0 Å². The number of nitrogens with one attached hydrogen (secondary N) is 2. The third-order valence-corrected chi connectivity index (χ3v) is 6.42. The van der Waals surface area contributed by atoms with Crippen molar-refractivity contribution in [3.63, 3.8) is 0 Å². The van der Waals surface area contributed by atoms with Gasteiger partial charge in [0.15, 0.2) is 0 Å². The Morgan fingerprint density at radius 3 is 2.89 bits per heavy atom. The second-order valence-electron chi connectivity index (χ2n) is 7.32. The average molecular weight is 430 g/mol. The fourth-order valence-corrected chi connectivity index (χ4v) is 4.79. The highest BCUT2D eigenvalue weighted by Gasteiger charge is 2.36. The minimum atomic E-state index is -0.526. The van der Waals surface area contributed by atoms with Crippen molar-refractivity contribution in [1.82, 2.24) is 10.6 Å². The molecule has 1 aromatic rings. The third-order valence-electron chi connectivity index (χ3n) is 5.48. The van der Waals surface area contributed by atoms with Crippen molar-refractivity contribution >= 4 is 46.5 Å². The minimum absolute atomic E-state index is 0. The molecule has 2 N–H and O–H groups in total. The molecular formula is C19H28ClN3O4S. The van der Waals surface area contributed by atoms with Gasteiger partial charge < -0.3 is 20.3 Å². The molecule has 7 nitrogen and oxygen atoms in total. The van der Waals surface area contributed by atoms with E-state index in [2.05, 4.69) is 17.6 Å². The van der Waals surface area contributed by atoms with Crippen LogP contribution >= 0.6 is 23.7 Å². The summed E-state index contributed by atoms with van der Waals surface area (Å²) < 4.78 is 4.78. The van der Waals surface area contributed by atoms with Gasteiger partial charge in [-0.15, -0.1) is 23.7 Å². The van der Waals surface area contributed by atoms with Crippen LogP contribution < -0.4 is 15.5 Å². The first-order valence-corrected chi connectivity index (χ1v) is 10.4. The van der Waals surface area contributed by atoms with Crippen molar-refractivity contribution < 1.29 is 19.1 Å². The van der Waals surface area contributed by atoms with E-state index in [9.17, 15) is 14.4 Å². The lowest BCUT2D eigenvalue weighted by molar-refractivity contribution is -0.127. The molecule has 2 amide bonds. The maximum absolute atomic E-state index is 12.7. The fourth-order valence-electron chi connectivity index (χ4n) is 3.87. The van der Waals surface area contributed by atoms with E-state index in [1.807, 2.05) is 0 Å². The predicted molar refractivity (Wildman–Crippen MR) is 111 cm³/mol. The van der Waals surface area contributed by atoms with Crippen LogP contribution in [0.1, 0.15) is 43.0 Å². The molecule has 2 aliphatic heterocycles. The summed E-state index contributed by atoms with van der Waals surface area (Å²) in [5.41, 5.74) is 0.390. The Hall–Kier alpha value is -1.64. The molecule has 0 bridgehead atoms. The van der Waals surface area contributed by atoms with E-state index in [1.165, 1.54) is 18.4 Å². The molecular weight excluding hydrogens is 402 g/mol. The molecule has 2 aliphatic rings. The number of hydrogen-bond donors (Lipinski definition) is 2. The van der Waals surface area contributed by atoms with Crippen LogP contribution in [0.5, 0.6) is 0 Å². The van der Waals surface area contributed by atoms with Gasteiger partial charge in [-0.2, -0.15) is 0 Å². The van der Waals surface area contributed by atoms with Gasteiger partial charge in [0, 0.05) is 13.0 Å². The summed E-state index contributed by atoms with van der Waals surface area (Å²) in [5.74, 6) is 0.0969. The molecule has 0 saturated carbocycles. The summed E-state index contributed by atoms with van der Waals surface area (Å²) in [6, 6.07) is 1.13. The number of carbonyl (C=O) groups is 3. The van der Waals surface area contributed by atoms with Crippen LogP contribution in [-0.2, 0) is 14.3 Å². The first-order chi connectivity index (χ1) is 13.0. The van der Waals surface area contributed by atoms with Crippen LogP contribution in [0.3, 0.4) is 0 Å². The van der Waals surface area contributed by atoms with Crippen LogP contribution in [0.15, 0.2) is 11.4 Å². The van der Waals surface area contributed by atoms with E-state index in [1.54, 1.807) is 16.3 Å². The highest BCUT2D eigenvalue weighted by Crippen LogP contribution is 2.32. The zero-order valence-corrected chi connectivity index (χ0v) is 17.9. The number of hydrogen-bond acceptors (Lipinski definition) is 6. The lowest BCUT2D eigenvalue weighted by Crippen LogP contribution is -2.43. The van der Waals surface area contributed by atoms with Crippen molar-refractivity contribution in [2.45, 2.75) is 38.6 Å². The van der Waals surface area contributed by atoms with Gasteiger partial charge in [0.1, 0.15) is 11.0 Å². The van der Waals surface area contributed by atoms with Crippen LogP contribution in [0.2, 0.25) is 0 Å². The lowest BCUT2D eigenvalue weighted by atomic mass is 9.85. The number of piperidine rings is 1. The van der Waals surface area contributed by atoms with Gasteiger partial charge in [-0.25, -0.2) is 4.79 Å². The van der Waals surface area contributed by atoms with Gasteiger partial charge >= 0.3 is 5.97 Å². The maximum Gasteiger partial charge on any atom is 0.340 e. The monoisotopic (exact) mass is 429 g/mol. The second kappa shape index (κ2) is 10.2. The standard InChI is InChI=1S/C19H27N3O4S.ClH/c1-12(13-4-3-7-20-11-13)10-16(23)21-15-5-8-22(17(15)24)18-14(6-9-27-18)19(25)26-2;/h6,9,12-13,15,20H,3-5,7-8,10-11H2,1-2H3,(H,21,23);1H. The largest absolute Gasteiger partial charge is 0.465 e. The highest BCUT2D eigenvalue weighted by molar-refractivity contribution is 7.14. The first kappa shape index (κ1) is 22.6. The summed E-state index contributed by atoms with van der Waals surface area (Å²) in [6.45, 7) is 4.60. The molecule has 156 valence electrons. The van der Waals surface area contributed by atoms with Crippen LogP contribution in [-0.4, -0.2) is 50.6 Å². The number of thiophene rings is 1. The van der Waals surface area contributed by atoms with E-state index in [0.29, 0.717) is 35.9 Å². The molecule has 3 unspecified atom stereocenters. The molecule has 28 heavy (non-hydrogen) atoms. The first-order valence-electron chi connectivity index (χ1n) is 9.48. The van der Waals surface area contributed by atoms with Crippen molar-refractivity contribution in [3.8, 4) is 0 Å². The zero-order valence-electron chi connectivity index (χ0n) is 16.2. The van der Waals surface area contributed by atoms with Gasteiger partial charge in [0.2, 0.25) is 11.8 Å². The molecule has 2 fully saturated rings. The predicted octanol–water partition coefficient (Wildman–Crippen LogP) is 2.20. The van der Waals surface area contributed by atoms with Gasteiger partial charge in [0.05, 0.1) is 12.7 Å². The van der Waals surface area contributed by atoms with Crippen molar-refractivity contribution in [2.24, 2.45) is 11.8 Å². The van der Waals surface area contributed by atoms with Gasteiger partial charge in [0.25, 0.3) is 0 Å². The molecule has 2 saturated heterocycles. The molecule has 3 atom stereocenters. The molecule has 0 spiro atoms. The molecule has 3 rings (SSSR count). The Balaban J connectivity index is 0.00000280. The minimum Gasteiger partial charge on any atom is -0.465 e. The van der Waals surface area contributed by atoms with Crippen molar-refractivity contribution in [3.05, 3.63) is 17.0 Å². The Labute approximate surface area is 175 Å². The Bertz CT molecular complexity index is 705. The van der Waals surface area contributed by atoms with Crippen molar-refractivity contribution in [2.75, 3.05) is 31.6 Å². The maximum atomic E-state index is 12.7. The van der Waals surface area contributed by atoms with E-state index in [4.69, 9.17) is 4.74 Å². The molecule has 9 heteroatoms. The summed E-state index contributed by atoms with van der Waals surface area (Å²) in [6.07, 6.45) is 3.27. The Morgan fingerprint density at radius 2 is 2.21 bits per heavy atom. The topological polar surface area (TPSA) is 87.7 Å². The van der Waals surface area contributed by atoms with Crippen LogP contribution in [0, 0.1) is 11.8 Å². The number of carbonyl (C=O) groups excluding carboxylic acids is 3. The SMILES string of the molecule is COC(=O)c1ccsc1N1CCC(NC(=O)CC(C)C2CCCNC2)C1=O.Cl. The lowest BCUT2D eigenvalue weighted by Gasteiger charge is -2.28. The summed E-state index contributed by atoms with van der Waals surface area (Å²) >= 11 is 1.33. The van der Waals surface area contributed by atoms with Crippen LogP contribution in [0.4, 0.5) is 5.00 Å². The zero-order chi connectivity index (χ0) is 19.4. The molecule has 0 radical (unpaired) electrons. The smallest absolute Gasteiger partial charge is 0.340 e. The third kappa shape index (κ3) is 5.04. The van der Waals surface area contributed by atoms with Gasteiger partial charge in [-0.3, -0.25) is 9.59 Å². The normalized spacial score (nSPS) is 23.1. The summed E-state index contributed by atoms with van der Waals surface area (Å²) in [4.78, 5) is 38.6. The van der Waals surface area contributed by atoms with Gasteiger partial charge in [-0.05, 0) is 55.6 Å². The second-order valence-corrected chi connectivity index (χ2v) is 8.21. The van der Waals surface area contributed by atoms with Crippen LogP contribution in [0.25, 0.3) is 0 Å². The Morgan fingerprint density at radius 1 is 1.43 bits per heavy atom. The number of amides is 2.